The standard InChI is InChI=1S/C14H13N5O/c1-14(2,3)20-13-11-10(4-9(5-15)6-16)7-17-12(11)18-8-19-13/h4,7-8H,1-3H3,(H,17,18,19). The zero-order valence-electron chi connectivity index (χ0n) is 11.4. The molecular formula is C14H13N5O. The van der Waals surface area contributed by atoms with Crippen LogP contribution in [0.3, 0.4) is 0 Å². The molecule has 0 spiro atoms. The van der Waals surface area contributed by atoms with Crippen molar-refractivity contribution in [1.29, 1.82) is 10.5 Å². The molecule has 0 fully saturated rings. The van der Waals surface area contributed by atoms with Crippen LogP contribution in [0.25, 0.3) is 17.1 Å². The van der Waals surface area contributed by atoms with Crippen LogP contribution in [0.4, 0.5) is 0 Å². The van der Waals surface area contributed by atoms with E-state index in [0.29, 0.717) is 22.5 Å². The third-order valence-electron chi connectivity index (χ3n) is 2.41. The highest BCUT2D eigenvalue weighted by Gasteiger charge is 2.18. The lowest BCUT2D eigenvalue weighted by Crippen LogP contribution is -2.23. The molecule has 2 heterocycles. The zero-order chi connectivity index (χ0) is 14.8. The maximum Gasteiger partial charge on any atom is 0.227 e. The summed E-state index contributed by atoms with van der Waals surface area (Å²) in [5.41, 5.74) is 0.849. The monoisotopic (exact) mass is 267 g/mol. The number of nitrogens with one attached hydrogen (secondary N) is 1. The number of aromatic amines is 1. The van der Waals surface area contributed by atoms with Crippen molar-refractivity contribution in [3.63, 3.8) is 0 Å². The second kappa shape index (κ2) is 5.02. The number of aromatic nitrogens is 3. The lowest BCUT2D eigenvalue weighted by Gasteiger charge is -2.20. The van der Waals surface area contributed by atoms with Crippen molar-refractivity contribution in [3.05, 3.63) is 23.7 Å². The van der Waals surface area contributed by atoms with Gasteiger partial charge in [-0.25, -0.2) is 9.97 Å². The molecule has 100 valence electrons. The average molecular weight is 267 g/mol. The molecule has 1 N–H and O–H groups in total. The Morgan fingerprint density at radius 1 is 1.30 bits per heavy atom. The number of H-pyrrole nitrogens is 1. The minimum Gasteiger partial charge on any atom is -0.471 e. The molecule has 0 saturated heterocycles. The van der Waals surface area contributed by atoms with Gasteiger partial charge in [-0.2, -0.15) is 10.5 Å². The number of nitriles is 2. The Labute approximate surface area is 116 Å². The maximum absolute atomic E-state index is 8.84. The number of allylic oxidation sites excluding steroid dienone is 1. The largest absolute Gasteiger partial charge is 0.471 e. The summed E-state index contributed by atoms with van der Waals surface area (Å²) in [5.74, 6) is 0.422. The molecule has 2 aromatic rings. The van der Waals surface area contributed by atoms with Gasteiger partial charge in [-0.05, 0) is 26.8 Å². The van der Waals surface area contributed by atoms with Gasteiger partial charge < -0.3 is 9.72 Å². The molecule has 6 nitrogen and oxygen atoms in total. The first kappa shape index (κ1) is 13.6. The fourth-order valence-electron chi connectivity index (χ4n) is 1.68. The van der Waals surface area contributed by atoms with Gasteiger partial charge in [0, 0.05) is 11.8 Å². The molecule has 0 aliphatic heterocycles. The molecule has 20 heavy (non-hydrogen) atoms. The van der Waals surface area contributed by atoms with Crippen molar-refractivity contribution in [2.75, 3.05) is 0 Å². The number of hydrogen-bond donors (Lipinski definition) is 1. The lowest BCUT2D eigenvalue weighted by molar-refractivity contribution is 0.126. The Kier molecular flexibility index (Phi) is 3.41. The van der Waals surface area contributed by atoms with Crippen molar-refractivity contribution in [2.45, 2.75) is 26.4 Å². The van der Waals surface area contributed by atoms with Gasteiger partial charge in [0.1, 0.15) is 35.3 Å². The van der Waals surface area contributed by atoms with E-state index in [9.17, 15) is 0 Å². The molecule has 0 aliphatic carbocycles. The molecule has 2 rings (SSSR count). The highest BCUT2D eigenvalue weighted by molar-refractivity contribution is 5.91. The molecule has 0 bridgehead atoms. The number of ether oxygens (including phenoxy) is 1. The van der Waals surface area contributed by atoms with E-state index in [0.717, 1.165) is 0 Å². The van der Waals surface area contributed by atoms with E-state index >= 15 is 0 Å². The SMILES string of the molecule is CC(C)(C)Oc1ncnc2[nH]cc(C=C(C#N)C#N)c12. The summed E-state index contributed by atoms with van der Waals surface area (Å²) in [4.78, 5) is 11.2. The summed E-state index contributed by atoms with van der Waals surface area (Å²) in [6.45, 7) is 5.75. The zero-order valence-corrected chi connectivity index (χ0v) is 11.4. The van der Waals surface area contributed by atoms with Gasteiger partial charge >= 0.3 is 0 Å². The minimum absolute atomic E-state index is 0.0106. The molecule has 6 heteroatoms. The number of hydrogen-bond acceptors (Lipinski definition) is 5. The van der Waals surface area contributed by atoms with Crippen LogP contribution in [0.15, 0.2) is 18.1 Å². The molecule has 2 aromatic heterocycles. The fraction of sp³-hybridized carbons (Fsp3) is 0.286. The fourth-order valence-corrected chi connectivity index (χ4v) is 1.68. The van der Waals surface area contributed by atoms with Gasteiger partial charge in [-0.3, -0.25) is 0 Å². The molecule has 0 unspecified atom stereocenters. The highest BCUT2D eigenvalue weighted by Crippen LogP contribution is 2.29. The normalized spacial score (nSPS) is 10.7. The first-order valence-electron chi connectivity index (χ1n) is 5.97. The second-order valence-electron chi connectivity index (χ2n) is 5.14. The maximum atomic E-state index is 8.84. The van der Waals surface area contributed by atoms with Crippen molar-refractivity contribution >= 4 is 17.1 Å². The molecule has 0 atom stereocenters. The minimum atomic E-state index is -0.410. The number of fused-ring (bicyclic) bond motifs is 1. The van der Waals surface area contributed by atoms with Crippen LogP contribution in [-0.2, 0) is 0 Å². The van der Waals surface area contributed by atoms with Gasteiger partial charge in [0.2, 0.25) is 5.88 Å². The van der Waals surface area contributed by atoms with Crippen LogP contribution in [-0.4, -0.2) is 20.6 Å². The van der Waals surface area contributed by atoms with E-state index in [1.165, 1.54) is 12.4 Å². The summed E-state index contributed by atoms with van der Waals surface area (Å²) in [7, 11) is 0. The van der Waals surface area contributed by atoms with Crippen LogP contribution in [0.1, 0.15) is 26.3 Å². The predicted molar refractivity (Wildman–Crippen MR) is 73.5 cm³/mol. The van der Waals surface area contributed by atoms with E-state index < -0.39 is 5.60 Å². The Hall–Kier alpha value is -2.86. The summed E-state index contributed by atoms with van der Waals surface area (Å²) in [6, 6.07) is 3.65. The summed E-state index contributed by atoms with van der Waals surface area (Å²) < 4.78 is 5.80. The van der Waals surface area contributed by atoms with Crippen LogP contribution in [0.5, 0.6) is 5.88 Å². The number of rotatable bonds is 2. The molecular weight excluding hydrogens is 254 g/mol. The van der Waals surface area contributed by atoms with Gasteiger partial charge in [-0.1, -0.05) is 0 Å². The topological polar surface area (TPSA) is 98.4 Å². The van der Waals surface area contributed by atoms with Crippen LogP contribution in [0.2, 0.25) is 0 Å². The first-order valence-corrected chi connectivity index (χ1v) is 5.97. The molecule has 0 radical (unpaired) electrons. The quantitative estimate of drug-likeness (QED) is 0.843. The summed E-state index contributed by atoms with van der Waals surface area (Å²) >= 11 is 0. The molecule has 0 aliphatic rings. The van der Waals surface area contributed by atoms with Crippen LogP contribution in [0, 0.1) is 22.7 Å². The molecule has 0 saturated carbocycles. The first-order chi connectivity index (χ1) is 9.44. The van der Waals surface area contributed by atoms with Gasteiger partial charge in [0.05, 0.1) is 5.39 Å². The van der Waals surface area contributed by atoms with E-state index in [4.69, 9.17) is 15.3 Å². The van der Waals surface area contributed by atoms with E-state index in [1.54, 1.807) is 6.20 Å². The predicted octanol–water partition coefficient (Wildman–Crippen LogP) is 2.57. The second-order valence-corrected chi connectivity index (χ2v) is 5.14. The van der Waals surface area contributed by atoms with Crippen LogP contribution < -0.4 is 4.74 Å². The smallest absolute Gasteiger partial charge is 0.227 e. The lowest BCUT2D eigenvalue weighted by atomic mass is 10.1. The Bertz CT molecular complexity index is 736. The van der Waals surface area contributed by atoms with Gasteiger partial charge in [0.15, 0.2) is 0 Å². The third-order valence-corrected chi connectivity index (χ3v) is 2.41. The number of nitrogens with zero attached hydrogens (tertiary/aromatic N) is 4. The Morgan fingerprint density at radius 2 is 2.00 bits per heavy atom. The summed E-state index contributed by atoms with van der Waals surface area (Å²) in [5, 5.41) is 18.3. The Morgan fingerprint density at radius 3 is 2.60 bits per heavy atom. The van der Waals surface area contributed by atoms with Crippen molar-refractivity contribution < 1.29 is 4.74 Å². The van der Waals surface area contributed by atoms with Gasteiger partial charge in [-0.15, -0.1) is 0 Å². The summed E-state index contributed by atoms with van der Waals surface area (Å²) in [6.07, 6.45) is 4.56. The van der Waals surface area contributed by atoms with Gasteiger partial charge in [0.25, 0.3) is 0 Å². The van der Waals surface area contributed by atoms with Crippen molar-refractivity contribution in [1.82, 2.24) is 15.0 Å². The molecule has 0 amide bonds. The molecule has 0 aromatic carbocycles. The average Bonchev–Trinajstić information content (AvgIpc) is 2.78. The third kappa shape index (κ3) is 2.76. The van der Waals surface area contributed by atoms with E-state index in [-0.39, 0.29) is 5.57 Å². The van der Waals surface area contributed by atoms with Crippen molar-refractivity contribution in [2.24, 2.45) is 0 Å². The van der Waals surface area contributed by atoms with E-state index in [2.05, 4.69) is 15.0 Å². The van der Waals surface area contributed by atoms with E-state index in [1.807, 2.05) is 32.9 Å². The van der Waals surface area contributed by atoms with Crippen molar-refractivity contribution in [3.8, 4) is 18.0 Å². The van der Waals surface area contributed by atoms with Crippen LogP contribution >= 0.6 is 0 Å². The Balaban J connectivity index is 2.62. The highest BCUT2D eigenvalue weighted by atomic mass is 16.5.